The average Bonchev–Trinajstić information content (AvgIpc) is 3.23. The summed E-state index contributed by atoms with van der Waals surface area (Å²) in [5, 5.41) is 64.7. The van der Waals surface area contributed by atoms with Gasteiger partial charge in [0, 0.05) is 48.5 Å². The van der Waals surface area contributed by atoms with E-state index < -0.39 is 190 Å². The third-order valence-electron chi connectivity index (χ3n) is 10.3. The van der Waals surface area contributed by atoms with Gasteiger partial charge in [-0.3, -0.25) is 33.6 Å². The second-order valence-electron chi connectivity index (χ2n) is 15.7. The van der Waals surface area contributed by atoms with Crippen molar-refractivity contribution in [2.75, 3.05) is 13.2 Å². The van der Waals surface area contributed by atoms with Crippen LogP contribution in [0.25, 0.3) is 0 Å². The number of hydrogen-bond acceptors (Lipinski definition) is 29. The van der Waals surface area contributed by atoms with Gasteiger partial charge in [0.1, 0.15) is 62.0 Å². The first kappa shape index (κ1) is 55.4. The van der Waals surface area contributed by atoms with E-state index in [0.29, 0.717) is 0 Å². The Morgan fingerprint density at radius 2 is 0.691 bits per heavy atom. The lowest BCUT2D eigenvalue weighted by Crippen LogP contribution is -2.65. The lowest BCUT2D eigenvalue weighted by molar-refractivity contribution is -0.376. The molecule has 0 aliphatic carbocycles. The minimum Gasteiger partial charge on any atom is -0.461 e. The molecule has 0 spiro atoms. The van der Waals surface area contributed by atoms with E-state index in [1.54, 1.807) is 0 Å². The predicted octanol–water partition coefficient (Wildman–Crippen LogP) is -5.42. The maximum Gasteiger partial charge on any atom is 0.339 e. The van der Waals surface area contributed by atoms with E-state index in [1.165, 1.54) is 6.92 Å². The van der Waals surface area contributed by atoms with Gasteiger partial charge in [0.05, 0.1) is 5.92 Å². The summed E-state index contributed by atoms with van der Waals surface area (Å²) in [5.41, 5.74) is 0. The molecule has 0 amide bonds. The number of ether oxygens (including phenoxy) is 14. The molecule has 0 aromatic rings. The minimum absolute atomic E-state index is 0.869. The van der Waals surface area contributed by atoms with Crippen molar-refractivity contribution < 1.29 is 140 Å². The molecular formula is C39H54O29. The van der Waals surface area contributed by atoms with Gasteiger partial charge in [0.25, 0.3) is 0 Å². The molecule has 29 nitrogen and oxygen atoms in total. The van der Waals surface area contributed by atoms with Crippen LogP contribution >= 0.6 is 0 Å². The standard InChI is InChI=1S/C39H54O29/c1-11-27(57-12(2)40)28(58-13(3)41)31(66-36(11)62-17(7)45)34(53)55-9-19-21(47)23(49)25(51)37(64-19)68-38-26(52)24(50)22(48)20(65-38)10-56-35(54)32-29(59-14(4)42)30(60-15(5)43)33(61-16(6)44)39(67-32)63-18(8)46/h11,19-33,36-39,47-52H,9-10H2,1-8H3/t11?,19?,20?,21-,22-,23?,24-,25?,26?,27-,28+,29-,30?,31?,32?,33-,36+,37+,38+,39+/m1/s1. The lowest BCUT2D eigenvalue weighted by atomic mass is 9.91. The second kappa shape index (κ2) is 23.9. The molecule has 0 bridgehead atoms. The number of esters is 9. The first-order chi connectivity index (χ1) is 31.7. The van der Waals surface area contributed by atoms with Crippen molar-refractivity contribution in [1.29, 1.82) is 0 Å². The Morgan fingerprint density at radius 3 is 1.09 bits per heavy atom. The van der Waals surface area contributed by atoms with Crippen LogP contribution in [0.3, 0.4) is 0 Å². The average molecular weight is 987 g/mol. The molecule has 6 N–H and O–H groups in total. The fourth-order valence-electron chi connectivity index (χ4n) is 7.33. The number of aliphatic hydroxyl groups is 6. The molecule has 20 atom stereocenters. The van der Waals surface area contributed by atoms with Crippen molar-refractivity contribution in [2.45, 2.75) is 172 Å². The topological polar surface area (TPSA) is 404 Å². The number of carbonyl (C=O) groups excluding carboxylic acids is 9. The summed E-state index contributed by atoms with van der Waals surface area (Å²) in [7, 11) is 0. The highest BCUT2D eigenvalue weighted by Gasteiger charge is 2.58. The van der Waals surface area contributed by atoms with Gasteiger partial charge < -0.3 is 97.0 Å². The highest BCUT2D eigenvalue weighted by atomic mass is 16.8. The Kier molecular flexibility index (Phi) is 19.4. The maximum atomic E-state index is 13.6. The highest BCUT2D eigenvalue weighted by Crippen LogP contribution is 2.34. The van der Waals surface area contributed by atoms with Crippen molar-refractivity contribution >= 4 is 53.7 Å². The van der Waals surface area contributed by atoms with E-state index in [4.69, 9.17) is 66.3 Å². The highest BCUT2D eigenvalue weighted by molar-refractivity contribution is 5.78. The number of aliphatic hydroxyl groups excluding tert-OH is 6. The van der Waals surface area contributed by atoms with Crippen LogP contribution in [0, 0.1) is 5.92 Å². The van der Waals surface area contributed by atoms with E-state index >= 15 is 0 Å². The van der Waals surface area contributed by atoms with Crippen LogP contribution in [0.1, 0.15) is 55.4 Å². The van der Waals surface area contributed by atoms with Crippen molar-refractivity contribution in [1.82, 2.24) is 0 Å². The number of hydrogen-bond donors (Lipinski definition) is 6. The van der Waals surface area contributed by atoms with Crippen molar-refractivity contribution in [3.8, 4) is 0 Å². The molecule has 4 aliphatic heterocycles. The molecule has 4 rings (SSSR count). The Balaban J connectivity index is 1.50. The molecule has 4 fully saturated rings. The van der Waals surface area contributed by atoms with Crippen LogP contribution < -0.4 is 0 Å². The number of carbonyl (C=O) groups is 9. The smallest absolute Gasteiger partial charge is 0.339 e. The molecule has 0 aromatic carbocycles. The largest absolute Gasteiger partial charge is 0.461 e. The molecule has 4 heterocycles. The number of rotatable bonds is 15. The van der Waals surface area contributed by atoms with Gasteiger partial charge in [-0.2, -0.15) is 0 Å². The Morgan fingerprint density at radius 1 is 0.368 bits per heavy atom. The summed E-state index contributed by atoms with van der Waals surface area (Å²) in [5.74, 6) is -10.7. The Hall–Kier alpha value is -5.21. The maximum absolute atomic E-state index is 13.6. The van der Waals surface area contributed by atoms with Crippen LogP contribution in [0.15, 0.2) is 0 Å². The molecule has 0 aromatic heterocycles. The Bertz CT molecular complexity index is 1860. The van der Waals surface area contributed by atoms with Gasteiger partial charge in [-0.05, 0) is 0 Å². The van der Waals surface area contributed by atoms with Crippen LogP contribution in [0.2, 0.25) is 0 Å². The van der Waals surface area contributed by atoms with Crippen LogP contribution in [0.5, 0.6) is 0 Å². The first-order valence-corrected chi connectivity index (χ1v) is 20.6. The quantitative estimate of drug-likeness (QED) is 0.0659. The molecule has 9 unspecified atom stereocenters. The van der Waals surface area contributed by atoms with Crippen molar-refractivity contribution in [2.24, 2.45) is 5.92 Å². The summed E-state index contributed by atoms with van der Waals surface area (Å²) in [6.07, 6.45) is -37.0. The van der Waals surface area contributed by atoms with E-state index in [0.717, 1.165) is 48.5 Å². The summed E-state index contributed by atoms with van der Waals surface area (Å²) in [6.45, 7) is 6.04. The molecule has 68 heavy (non-hydrogen) atoms. The molecule has 29 heteroatoms. The van der Waals surface area contributed by atoms with Gasteiger partial charge in [-0.15, -0.1) is 0 Å². The van der Waals surface area contributed by atoms with E-state index in [2.05, 4.69) is 0 Å². The van der Waals surface area contributed by atoms with Gasteiger partial charge in [0.15, 0.2) is 49.2 Å². The Labute approximate surface area is 384 Å². The summed E-state index contributed by atoms with van der Waals surface area (Å²) in [4.78, 5) is 111. The van der Waals surface area contributed by atoms with Crippen LogP contribution in [0.4, 0.5) is 0 Å². The molecule has 4 saturated heterocycles. The van der Waals surface area contributed by atoms with Crippen LogP contribution in [-0.2, 0) is 109 Å². The van der Waals surface area contributed by atoms with E-state index in [1.807, 2.05) is 0 Å². The van der Waals surface area contributed by atoms with Crippen LogP contribution in [-0.4, -0.2) is 214 Å². The summed E-state index contributed by atoms with van der Waals surface area (Å²) < 4.78 is 74.5. The normalized spacial score (nSPS) is 38.0. The summed E-state index contributed by atoms with van der Waals surface area (Å²) in [6, 6.07) is 0. The van der Waals surface area contributed by atoms with E-state index in [9.17, 15) is 73.8 Å². The molecule has 384 valence electrons. The monoisotopic (exact) mass is 986 g/mol. The van der Waals surface area contributed by atoms with E-state index in [-0.39, 0.29) is 0 Å². The van der Waals surface area contributed by atoms with Crippen molar-refractivity contribution in [3.05, 3.63) is 0 Å². The zero-order valence-electron chi connectivity index (χ0n) is 37.5. The SMILES string of the molecule is CC(=O)OC1[C@@H](OC(C)=O)C(C(=O)OCC2O[C@@H](O[C@@H]3OC(COC(=O)C4O[C@H](OC(C)=O)C(C)[C@@H](OC(C)=O)[C@@H]4OC(C)=O)[C@@H](O)C(O)C3O)C(O)[C@H](O)[C@@H]2O)O[C@H](OC(C)=O)[C@@H]1OC(C)=O. The lowest BCUT2D eigenvalue weighted by Gasteiger charge is -2.45. The zero-order valence-corrected chi connectivity index (χ0v) is 37.5. The first-order valence-electron chi connectivity index (χ1n) is 20.6. The predicted molar refractivity (Wildman–Crippen MR) is 204 cm³/mol. The van der Waals surface area contributed by atoms with Gasteiger partial charge >= 0.3 is 53.7 Å². The van der Waals surface area contributed by atoms with Gasteiger partial charge in [-0.1, -0.05) is 6.92 Å². The molecule has 0 radical (unpaired) electrons. The third kappa shape index (κ3) is 14.0. The zero-order chi connectivity index (χ0) is 51.1. The third-order valence-corrected chi connectivity index (χ3v) is 10.3. The second-order valence-corrected chi connectivity index (χ2v) is 15.7. The van der Waals surface area contributed by atoms with Gasteiger partial charge in [-0.25, -0.2) is 9.59 Å². The summed E-state index contributed by atoms with van der Waals surface area (Å²) >= 11 is 0. The molecule has 0 saturated carbocycles. The van der Waals surface area contributed by atoms with Crippen molar-refractivity contribution in [3.63, 3.8) is 0 Å². The molecular weight excluding hydrogens is 932 g/mol. The van der Waals surface area contributed by atoms with Gasteiger partial charge in [0.2, 0.25) is 18.7 Å². The fourth-order valence-corrected chi connectivity index (χ4v) is 7.33. The molecule has 4 aliphatic rings. The minimum atomic E-state index is -2.19. The fraction of sp³-hybridized carbons (Fsp3) is 0.769.